The molecule has 2 N–H and O–H groups in total. The average Bonchev–Trinajstić information content (AvgIpc) is 3.58. The molecule has 1 amide bonds. The number of piperidine rings is 1. The topological polar surface area (TPSA) is 116 Å². The van der Waals surface area contributed by atoms with E-state index in [-0.39, 0.29) is 12.0 Å². The Morgan fingerprint density at radius 1 is 1.06 bits per heavy atom. The maximum absolute atomic E-state index is 12.4. The lowest BCUT2D eigenvalue weighted by Gasteiger charge is -2.32. The molecule has 4 aromatic heterocycles. The number of rotatable bonds is 3. The minimum absolute atomic E-state index is 0.180. The molecule has 0 bridgehead atoms. The monoisotopic (exact) mass is 428 g/mol. The summed E-state index contributed by atoms with van der Waals surface area (Å²) in [6.45, 7) is 3.46. The molecule has 0 aromatic carbocycles. The van der Waals surface area contributed by atoms with Crippen LogP contribution in [-0.4, -0.2) is 53.8 Å². The summed E-state index contributed by atoms with van der Waals surface area (Å²) in [6, 6.07) is 6.09. The van der Waals surface area contributed by atoms with Crippen molar-refractivity contribution in [1.29, 1.82) is 0 Å². The highest BCUT2D eigenvalue weighted by atomic mass is 16.2. The van der Waals surface area contributed by atoms with Crippen molar-refractivity contribution < 1.29 is 4.79 Å². The molecule has 9 heteroatoms. The second-order valence-corrected chi connectivity index (χ2v) is 8.85. The van der Waals surface area contributed by atoms with E-state index in [4.69, 9.17) is 10.7 Å². The Morgan fingerprint density at radius 3 is 2.62 bits per heavy atom. The summed E-state index contributed by atoms with van der Waals surface area (Å²) >= 11 is 0. The van der Waals surface area contributed by atoms with Gasteiger partial charge in [0.05, 0.1) is 23.4 Å². The lowest BCUT2D eigenvalue weighted by molar-refractivity contribution is -0.133. The van der Waals surface area contributed by atoms with Crippen LogP contribution < -0.4 is 5.73 Å². The fraction of sp³-hybridized carbons (Fsp3) is 0.391. The highest BCUT2D eigenvalue weighted by Gasteiger charge is 2.35. The van der Waals surface area contributed by atoms with Crippen LogP contribution in [0.2, 0.25) is 0 Å². The Hall–Kier alpha value is -3.62. The third kappa shape index (κ3) is 3.16. The van der Waals surface area contributed by atoms with Gasteiger partial charge in [0.1, 0.15) is 22.4 Å². The van der Waals surface area contributed by atoms with Crippen LogP contribution in [0.1, 0.15) is 37.3 Å². The molecular weight excluding hydrogens is 404 g/mol. The van der Waals surface area contributed by atoms with E-state index < -0.39 is 0 Å². The van der Waals surface area contributed by atoms with Crippen LogP contribution >= 0.6 is 0 Å². The van der Waals surface area contributed by atoms with Gasteiger partial charge >= 0.3 is 0 Å². The van der Waals surface area contributed by atoms with E-state index in [0.29, 0.717) is 11.7 Å². The van der Waals surface area contributed by atoms with Gasteiger partial charge in [0.25, 0.3) is 0 Å². The average molecular weight is 429 g/mol. The number of nitrogens with zero attached hydrogens (tertiary/aromatic N) is 7. The number of aromatic nitrogens is 6. The van der Waals surface area contributed by atoms with Crippen LogP contribution in [-0.2, 0) is 4.79 Å². The number of pyridine rings is 3. The number of aryl methyl sites for hydroxylation is 1. The maximum Gasteiger partial charge on any atom is 0.225 e. The van der Waals surface area contributed by atoms with Crippen molar-refractivity contribution in [2.75, 3.05) is 18.8 Å². The molecule has 0 radical (unpaired) electrons. The number of carbonyl (C=O) groups excluding carboxylic acids is 1. The highest BCUT2D eigenvalue weighted by molar-refractivity contribution is 5.99. The molecule has 0 spiro atoms. The molecule has 2 aliphatic rings. The Kier molecular flexibility index (Phi) is 4.31. The predicted molar refractivity (Wildman–Crippen MR) is 121 cm³/mol. The molecule has 0 atom stereocenters. The van der Waals surface area contributed by atoms with Crippen LogP contribution in [0.4, 0.5) is 5.82 Å². The summed E-state index contributed by atoms with van der Waals surface area (Å²) in [7, 11) is 0. The first-order valence-electron chi connectivity index (χ1n) is 11.1. The van der Waals surface area contributed by atoms with Crippen LogP contribution in [0.3, 0.4) is 0 Å². The molecule has 4 aromatic rings. The van der Waals surface area contributed by atoms with Crippen molar-refractivity contribution in [3.05, 3.63) is 36.2 Å². The van der Waals surface area contributed by atoms with E-state index in [1.165, 1.54) is 0 Å². The molecule has 1 saturated carbocycles. The molecule has 162 valence electrons. The summed E-state index contributed by atoms with van der Waals surface area (Å²) in [5.41, 5.74) is 11.7. The van der Waals surface area contributed by atoms with Gasteiger partial charge in [0, 0.05) is 30.8 Å². The lowest BCUT2D eigenvalue weighted by Crippen LogP contribution is -2.40. The van der Waals surface area contributed by atoms with Crippen molar-refractivity contribution in [3.8, 4) is 11.3 Å². The summed E-state index contributed by atoms with van der Waals surface area (Å²) in [6.07, 6.45) is 7.31. The fourth-order valence-corrected chi connectivity index (χ4v) is 4.54. The number of likely N-dealkylation sites (tertiary alicyclic amines) is 1. The SMILES string of the molecule is Cc1cc(-c2ccc3ncc4nnn(C5CCN(C(=O)C6CC6)CC5)c4c3n2)cnc1N. The Labute approximate surface area is 184 Å². The van der Waals surface area contributed by atoms with Gasteiger partial charge < -0.3 is 10.6 Å². The number of hydrogen-bond acceptors (Lipinski definition) is 7. The smallest absolute Gasteiger partial charge is 0.225 e. The lowest BCUT2D eigenvalue weighted by atomic mass is 10.0. The number of hydrogen-bond donors (Lipinski definition) is 1. The number of nitrogens with two attached hydrogens (primary N) is 1. The zero-order valence-corrected chi connectivity index (χ0v) is 17.9. The predicted octanol–water partition coefficient (Wildman–Crippen LogP) is 2.90. The first-order valence-corrected chi connectivity index (χ1v) is 11.1. The number of amides is 1. The van der Waals surface area contributed by atoms with Gasteiger partial charge in [0.2, 0.25) is 5.91 Å². The van der Waals surface area contributed by atoms with E-state index in [1.807, 2.05) is 34.7 Å². The van der Waals surface area contributed by atoms with Crippen LogP contribution in [0.15, 0.2) is 30.6 Å². The minimum atomic E-state index is 0.180. The van der Waals surface area contributed by atoms with Gasteiger partial charge in [-0.2, -0.15) is 0 Å². The summed E-state index contributed by atoms with van der Waals surface area (Å²) < 4.78 is 1.99. The molecule has 0 unspecified atom stereocenters. The molecular formula is C23H24N8O. The van der Waals surface area contributed by atoms with Gasteiger partial charge in [0.15, 0.2) is 0 Å². The zero-order valence-electron chi connectivity index (χ0n) is 17.9. The van der Waals surface area contributed by atoms with Crippen LogP contribution in [0.5, 0.6) is 0 Å². The molecule has 2 fully saturated rings. The first-order chi connectivity index (χ1) is 15.6. The Bertz CT molecular complexity index is 1350. The number of fused-ring (bicyclic) bond motifs is 3. The van der Waals surface area contributed by atoms with E-state index in [0.717, 1.165) is 77.7 Å². The molecule has 1 aliphatic carbocycles. The van der Waals surface area contributed by atoms with E-state index >= 15 is 0 Å². The second-order valence-electron chi connectivity index (χ2n) is 8.85. The van der Waals surface area contributed by atoms with Crippen molar-refractivity contribution in [2.24, 2.45) is 5.92 Å². The van der Waals surface area contributed by atoms with Crippen LogP contribution in [0.25, 0.3) is 33.3 Å². The summed E-state index contributed by atoms with van der Waals surface area (Å²) in [5, 5.41) is 8.83. The van der Waals surface area contributed by atoms with E-state index in [2.05, 4.69) is 20.3 Å². The zero-order chi connectivity index (χ0) is 21.8. The standard InChI is InChI=1S/C23H24N8O/c1-13-10-15(11-26-22(13)24)17-4-5-18-20(27-17)21-19(12-25-18)28-29-31(21)16-6-8-30(9-7-16)23(32)14-2-3-14/h4-5,10-12,14,16H,2-3,6-9H2,1H3,(H2,24,26). The minimum Gasteiger partial charge on any atom is -0.383 e. The molecule has 1 aliphatic heterocycles. The van der Waals surface area contributed by atoms with E-state index in [1.54, 1.807) is 12.4 Å². The van der Waals surface area contributed by atoms with Gasteiger partial charge in [-0.3, -0.25) is 9.78 Å². The number of anilines is 1. The highest BCUT2D eigenvalue weighted by Crippen LogP contribution is 2.34. The third-order valence-corrected chi connectivity index (χ3v) is 6.61. The Morgan fingerprint density at radius 2 is 1.88 bits per heavy atom. The van der Waals surface area contributed by atoms with Gasteiger partial charge in [-0.1, -0.05) is 5.21 Å². The largest absolute Gasteiger partial charge is 0.383 e. The maximum atomic E-state index is 12.4. The van der Waals surface area contributed by atoms with Gasteiger partial charge in [-0.05, 0) is 56.4 Å². The number of nitrogen functional groups attached to an aromatic ring is 1. The molecule has 6 rings (SSSR count). The second kappa shape index (κ2) is 7.22. The summed E-state index contributed by atoms with van der Waals surface area (Å²) in [4.78, 5) is 28.2. The van der Waals surface area contributed by atoms with Gasteiger partial charge in [-0.15, -0.1) is 5.10 Å². The van der Waals surface area contributed by atoms with Crippen molar-refractivity contribution in [1.82, 2.24) is 34.8 Å². The summed E-state index contributed by atoms with van der Waals surface area (Å²) in [5.74, 6) is 1.11. The Balaban J connectivity index is 1.38. The fourth-order valence-electron chi connectivity index (χ4n) is 4.54. The molecule has 5 heterocycles. The van der Waals surface area contributed by atoms with Crippen molar-refractivity contribution in [3.63, 3.8) is 0 Å². The molecule has 9 nitrogen and oxygen atoms in total. The van der Waals surface area contributed by atoms with Crippen molar-refractivity contribution >= 4 is 33.8 Å². The van der Waals surface area contributed by atoms with Crippen molar-refractivity contribution in [2.45, 2.75) is 38.6 Å². The van der Waals surface area contributed by atoms with Gasteiger partial charge in [-0.25, -0.2) is 14.6 Å². The third-order valence-electron chi connectivity index (χ3n) is 6.61. The molecule has 1 saturated heterocycles. The van der Waals surface area contributed by atoms with E-state index in [9.17, 15) is 4.79 Å². The first kappa shape index (κ1) is 19.1. The number of carbonyl (C=O) groups is 1. The molecule has 32 heavy (non-hydrogen) atoms. The normalized spacial score (nSPS) is 17.3. The van der Waals surface area contributed by atoms with Crippen LogP contribution in [0, 0.1) is 12.8 Å². The quantitative estimate of drug-likeness (QED) is 0.533.